The number of benzene rings is 2. The molecule has 1 heterocycles. The molecule has 0 saturated carbocycles. The minimum atomic E-state index is -3.93. The molecule has 29 heavy (non-hydrogen) atoms. The zero-order valence-electron chi connectivity index (χ0n) is 17.1. The van der Waals surface area contributed by atoms with E-state index in [4.69, 9.17) is 4.74 Å². The average molecular weight is 422 g/mol. The average Bonchev–Trinajstić information content (AvgIpc) is 3.23. The first-order chi connectivity index (χ1) is 13.8. The molecule has 1 atom stereocenters. The summed E-state index contributed by atoms with van der Waals surface area (Å²) in [7, 11) is 1.40. The van der Waals surface area contributed by atoms with Gasteiger partial charge in [-0.25, -0.2) is 17.5 Å². The van der Waals surface area contributed by atoms with Gasteiger partial charge >= 0.3 is 0 Å². The molecule has 0 unspecified atom stereocenters. The van der Waals surface area contributed by atoms with Crippen LogP contribution in [0.15, 0.2) is 47.4 Å². The molecule has 0 bridgehead atoms. The van der Waals surface area contributed by atoms with Gasteiger partial charge in [-0.3, -0.25) is 4.90 Å². The van der Waals surface area contributed by atoms with Crippen LogP contribution in [-0.4, -0.2) is 54.2 Å². The maximum absolute atomic E-state index is 13.7. The van der Waals surface area contributed by atoms with Crippen molar-refractivity contribution in [3.8, 4) is 5.75 Å². The van der Waals surface area contributed by atoms with Crippen molar-refractivity contribution in [1.29, 1.82) is 0 Å². The fourth-order valence-corrected chi connectivity index (χ4v) is 4.85. The Bertz CT molecular complexity index is 927. The lowest BCUT2D eigenvalue weighted by atomic mass is 10.1. The van der Waals surface area contributed by atoms with Gasteiger partial charge in [-0.05, 0) is 61.8 Å². The van der Waals surface area contributed by atoms with Crippen LogP contribution in [0.3, 0.4) is 0 Å². The number of halogens is 1. The van der Waals surface area contributed by atoms with E-state index in [0.717, 1.165) is 43.2 Å². The van der Waals surface area contributed by atoms with Gasteiger partial charge in [0.05, 0.1) is 7.11 Å². The van der Waals surface area contributed by atoms with E-state index < -0.39 is 15.8 Å². The largest absolute Gasteiger partial charge is 0.495 e. The van der Waals surface area contributed by atoms with E-state index in [2.05, 4.69) is 9.62 Å². The van der Waals surface area contributed by atoms with Crippen LogP contribution in [0.1, 0.15) is 24.4 Å². The smallest absolute Gasteiger partial charge is 0.244 e. The highest BCUT2D eigenvalue weighted by Gasteiger charge is 2.27. The fourth-order valence-electron chi connectivity index (χ4n) is 3.63. The summed E-state index contributed by atoms with van der Waals surface area (Å²) < 4.78 is 47.2. The van der Waals surface area contributed by atoms with Gasteiger partial charge in [-0.2, -0.15) is 0 Å². The van der Waals surface area contributed by atoms with Gasteiger partial charge in [0.1, 0.15) is 16.5 Å². The van der Waals surface area contributed by atoms with Crippen LogP contribution in [0.5, 0.6) is 5.75 Å². The third kappa shape index (κ3) is 5.07. The lowest BCUT2D eigenvalue weighted by molar-refractivity contribution is 0.246. The molecule has 1 N–H and O–H groups in total. The topological polar surface area (TPSA) is 61.9 Å². The molecule has 1 aliphatic rings. The van der Waals surface area contributed by atoms with Gasteiger partial charge < -0.3 is 9.64 Å². The molecule has 0 spiro atoms. The Morgan fingerprint density at radius 3 is 2.38 bits per heavy atom. The number of anilines is 1. The van der Waals surface area contributed by atoms with Crippen LogP contribution >= 0.6 is 0 Å². The van der Waals surface area contributed by atoms with Crippen molar-refractivity contribution in [1.82, 2.24) is 9.62 Å². The van der Waals surface area contributed by atoms with Crippen molar-refractivity contribution in [3.63, 3.8) is 0 Å². The summed E-state index contributed by atoms with van der Waals surface area (Å²) in [6.45, 7) is 2.04. The highest BCUT2D eigenvalue weighted by molar-refractivity contribution is 7.89. The molecule has 158 valence electrons. The second-order valence-electron chi connectivity index (χ2n) is 7.39. The second-order valence-corrected chi connectivity index (χ2v) is 9.13. The number of nitrogens with zero attached hydrogens (tertiary/aromatic N) is 2. The van der Waals surface area contributed by atoms with Crippen LogP contribution in [0.4, 0.5) is 10.1 Å². The second kappa shape index (κ2) is 9.11. The number of likely N-dealkylation sites (tertiary alicyclic amines) is 1. The first-order valence-corrected chi connectivity index (χ1v) is 11.1. The van der Waals surface area contributed by atoms with Crippen molar-refractivity contribution >= 4 is 15.7 Å². The Hall–Kier alpha value is -2.16. The predicted molar refractivity (Wildman–Crippen MR) is 112 cm³/mol. The van der Waals surface area contributed by atoms with Crippen LogP contribution in [0, 0.1) is 5.82 Å². The van der Waals surface area contributed by atoms with Crippen LogP contribution in [-0.2, 0) is 10.0 Å². The number of ether oxygens (including phenoxy) is 1. The molecule has 0 amide bonds. The van der Waals surface area contributed by atoms with Crippen molar-refractivity contribution in [2.45, 2.75) is 23.8 Å². The van der Waals surface area contributed by atoms with Crippen molar-refractivity contribution in [2.24, 2.45) is 0 Å². The fraction of sp³-hybridized carbons (Fsp3) is 0.429. The summed E-state index contributed by atoms with van der Waals surface area (Å²) in [6.07, 6.45) is 2.19. The normalized spacial score (nSPS) is 16.0. The highest BCUT2D eigenvalue weighted by Crippen LogP contribution is 2.28. The quantitative estimate of drug-likeness (QED) is 0.710. The summed E-state index contributed by atoms with van der Waals surface area (Å²) in [5.74, 6) is -0.506. The van der Waals surface area contributed by atoms with E-state index in [1.807, 2.05) is 43.3 Å². The first-order valence-electron chi connectivity index (χ1n) is 9.66. The summed E-state index contributed by atoms with van der Waals surface area (Å²) in [5, 5.41) is 0. The SMILES string of the molecule is COc1ccc(F)cc1S(=O)(=O)NC[C@@H](c1ccc(N(C)C)cc1)N1CCCC1. The molecular weight excluding hydrogens is 393 g/mol. The Balaban J connectivity index is 1.84. The molecule has 2 aromatic rings. The molecule has 1 fully saturated rings. The third-order valence-electron chi connectivity index (χ3n) is 5.26. The summed E-state index contributed by atoms with van der Waals surface area (Å²) >= 11 is 0. The van der Waals surface area contributed by atoms with Crippen LogP contribution in [0.2, 0.25) is 0 Å². The van der Waals surface area contributed by atoms with Crippen molar-refractivity contribution in [2.75, 3.05) is 45.7 Å². The predicted octanol–water partition coefficient (Wildman–Crippen LogP) is 3.02. The Morgan fingerprint density at radius 2 is 1.79 bits per heavy atom. The monoisotopic (exact) mass is 421 g/mol. The molecule has 8 heteroatoms. The van der Waals surface area contributed by atoms with Crippen LogP contribution < -0.4 is 14.4 Å². The number of sulfonamides is 1. The zero-order chi connectivity index (χ0) is 21.0. The molecule has 6 nitrogen and oxygen atoms in total. The molecule has 3 rings (SSSR count). The van der Waals surface area contributed by atoms with Crippen LogP contribution in [0.25, 0.3) is 0 Å². The number of hydrogen-bond acceptors (Lipinski definition) is 5. The standard InChI is InChI=1S/C21H28FN3O3S/c1-24(2)18-9-6-16(7-10-18)19(25-12-4-5-13-25)15-23-29(26,27)21-14-17(22)8-11-20(21)28-3/h6-11,14,19,23H,4-5,12-13,15H2,1-3H3/t19-/m0/s1. The maximum atomic E-state index is 13.7. The minimum Gasteiger partial charge on any atom is -0.495 e. The van der Waals surface area contributed by atoms with Gasteiger partial charge in [0, 0.05) is 32.4 Å². The number of methoxy groups -OCH3 is 1. The molecule has 0 aromatic heterocycles. The van der Waals surface area contributed by atoms with Gasteiger partial charge in [-0.15, -0.1) is 0 Å². The van der Waals surface area contributed by atoms with E-state index in [-0.39, 0.29) is 23.2 Å². The molecular formula is C21H28FN3O3S. The van der Waals surface area contributed by atoms with E-state index in [9.17, 15) is 12.8 Å². The molecule has 0 radical (unpaired) electrons. The summed E-state index contributed by atoms with van der Waals surface area (Å²) in [5.41, 5.74) is 2.13. The van der Waals surface area contributed by atoms with E-state index in [1.165, 1.54) is 19.2 Å². The van der Waals surface area contributed by atoms with E-state index >= 15 is 0 Å². The molecule has 0 aliphatic carbocycles. The molecule has 1 saturated heterocycles. The van der Waals surface area contributed by atoms with Crippen molar-refractivity contribution < 1.29 is 17.5 Å². The van der Waals surface area contributed by atoms with E-state index in [1.54, 1.807) is 0 Å². The maximum Gasteiger partial charge on any atom is 0.244 e. The number of rotatable bonds is 8. The number of nitrogens with one attached hydrogen (secondary N) is 1. The lowest BCUT2D eigenvalue weighted by Gasteiger charge is -2.28. The summed E-state index contributed by atoms with van der Waals surface area (Å²) in [4.78, 5) is 4.12. The van der Waals surface area contributed by atoms with Crippen molar-refractivity contribution in [3.05, 3.63) is 53.8 Å². The van der Waals surface area contributed by atoms with Gasteiger partial charge in [0.15, 0.2) is 0 Å². The minimum absolute atomic E-state index is 0.0944. The lowest BCUT2D eigenvalue weighted by Crippen LogP contribution is -2.37. The Morgan fingerprint density at radius 1 is 1.14 bits per heavy atom. The molecule has 2 aromatic carbocycles. The summed E-state index contributed by atoms with van der Waals surface area (Å²) in [6, 6.07) is 11.5. The van der Waals surface area contributed by atoms with Gasteiger partial charge in [0.25, 0.3) is 0 Å². The third-order valence-corrected chi connectivity index (χ3v) is 6.70. The highest BCUT2D eigenvalue weighted by atomic mass is 32.2. The van der Waals surface area contributed by atoms with Gasteiger partial charge in [0.2, 0.25) is 10.0 Å². The molecule has 1 aliphatic heterocycles. The zero-order valence-corrected chi connectivity index (χ0v) is 17.9. The Labute approximate surface area is 172 Å². The van der Waals surface area contributed by atoms with E-state index in [0.29, 0.717) is 0 Å². The number of hydrogen-bond donors (Lipinski definition) is 1. The Kier molecular flexibility index (Phi) is 6.77. The van der Waals surface area contributed by atoms with Gasteiger partial charge in [-0.1, -0.05) is 12.1 Å². The first kappa shape index (κ1) is 21.5.